The SMILES string of the molecule is COc1cccc(-n2c(-c3ccccc3)cnc2SCC(=O)N(C2CC2)C2CCS(=O)(=O)C2)c1. The van der Waals surface area contributed by atoms with Crippen LogP contribution in [-0.4, -0.2) is 65.2 Å². The lowest BCUT2D eigenvalue weighted by Gasteiger charge is -2.28. The topological polar surface area (TPSA) is 81.5 Å². The summed E-state index contributed by atoms with van der Waals surface area (Å²) < 4.78 is 31.5. The van der Waals surface area contributed by atoms with Gasteiger partial charge in [0.05, 0.1) is 41.9 Å². The summed E-state index contributed by atoms with van der Waals surface area (Å²) in [7, 11) is -1.42. The van der Waals surface area contributed by atoms with E-state index in [1.54, 1.807) is 7.11 Å². The van der Waals surface area contributed by atoms with Gasteiger partial charge < -0.3 is 9.64 Å². The molecule has 0 bridgehead atoms. The third-order valence-electron chi connectivity index (χ3n) is 6.27. The van der Waals surface area contributed by atoms with E-state index in [-0.39, 0.29) is 35.2 Å². The molecule has 0 spiro atoms. The summed E-state index contributed by atoms with van der Waals surface area (Å²) in [4.78, 5) is 19.8. The summed E-state index contributed by atoms with van der Waals surface area (Å²) in [5.41, 5.74) is 2.84. The lowest BCUT2D eigenvalue weighted by molar-refractivity contribution is -0.130. The van der Waals surface area contributed by atoms with E-state index in [4.69, 9.17) is 4.74 Å². The third-order valence-corrected chi connectivity index (χ3v) is 8.95. The minimum atomic E-state index is -3.05. The number of hydrogen-bond donors (Lipinski definition) is 0. The summed E-state index contributed by atoms with van der Waals surface area (Å²) in [6.45, 7) is 0. The number of carbonyl (C=O) groups excluding carboxylic acids is 1. The first-order chi connectivity index (χ1) is 16.4. The number of aromatic nitrogens is 2. The Balaban J connectivity index is 1.42. The lowest BCUT2D eigenvalue weighted by Crippen LogP contribution is -2.43. The van der Waals surface area contributed by atoms with Crippen molar-refractivity contribution in [3.8, 4) is 22.7 Å². The van der Waals surface area contributed by atoms with Crippen LogP contribution in [-0.2, 0) is 14.6 Å². The fraction of sp³-hybridized carbons (Fsp3) is 0.360. The predicted octanol–water partition coefficient (Wildman–Crippen LogP) is 3.82. The molecule has 1 aliphatic heterocycles. The molecule has 9 heteroatoms. The van der Waals surface area contributed by atoms with Crippen molar-refractivity contribution in [3.63, 3.8) is 0 Å². The molecule has 3 aromatic rings. The van der Waals surface area contributed by atoms with Crippen LogP contribution in [0.5, 0.6) is 5.75 Å². The fourth-order valence-corrected chi connectivity index (χ4v) is 7.08. The average molecular weight is 498 g/mol. The number of imidazole rings is 1. The van der Waals surface area contributed by atoms with Crippen molar-refractivity contribution >= 4 is 27.5 Å². The fourth-order valence-electron chi connectivity index (χ4n) is 4.50. The van der Waals surface area contributed by atoms with E-state index < -0.39 is 9.84 Å². The number of hydrogen-bond acceptors (Lipinski definition) is 6. The van der Waals surface area contributed by atoms with Gasteiger partial charge in [-0.25, -0.2) is 13.4 Å². The van der Waals surface area contributed by atoms with Crippen molar-refractivity contribution < 1.29 is 17.9 Å². The van der Waals surface area contributed by atoms with Crippen LogP contribution in [0.15, 0.2) is 66.0 Å². The minimum absolute atomic E-state index is 0.0175. The van der Waals surface area contributed by atoms with Gasteiger partial charge in [-0.05, 0) is 31.4 Å². The number of benzene rings is 2. The third kappa shape index (κ3) is 4.86. The maximum atomic E-state index is 13.3. The second-order valence-electron chi connectivity index (χ2n) is 8.71. The maximum absolute atomic E-state index is 13.3. The van der Waals surface area contributed by atoms with Gasteiger partial charge in [0.15, 0.2) is 15.0 Å². The number of methoxy groups -OCH3 is 1. The summed E-state index contributed by atoms with van der Waals surface area (Å²) >= 11 is 1.38. The van der Waals surface area contributed by atoms with Crippen molar-refractivity contribution in [1.82, 2.24) is 14.5 Å². The average Bonchev–Trinajstić information content (AvgIpc) is 3.48. The Kier molecular flexibility index (Phi) is 6.40. The van der Waals surface area contributed by atoms with Crippen LogP contribution in [0.4, 0.5) is 0 Å². The van der Waals surface area contributed by atoms with Gasteiger partial charge in [0.1, 0.15) is 5.75 Å². The van der Waals surface area contributed by atoms with E-state index in [1.165, 1.54) is 11.8 Å². The first kappa shape index (κ1) is 23.0. The summed E-state index contributed by atoms with van der Waals surface area (Å²) in [5.74, 6) is 1.18. The molecule has 1 saturated carbocycles. The molecule has 7 nitrogen and oxygen atoms in total. The first-order valence-corrected chi connectivity index (χ1v) is 14.2. The molecule has 34 heavy (non-hydrogen) atoms. The molecule has 2 aromatic carbocycles. The van der Waals surface area contributed by atoms with Crippen LogP contribution >= 0.6 is 11.8 Å². The number of rotatable bonds is 8. The highest BCUT2D eigenvalue weighted by Gasteiger charge is 2.42. The van der Waals surface area contributed by atoms with Crippen LogP contribution in [0, 0.1) is 0 Å². The van der Waals surface area contributed by atoms with Crippen LogP contribution < -0.4 is 4.74 Å². The van der Waals surface area contributed by atoms with Gasteiger partial charge in [-0.15, -0.1) is 0 Å². The Labute approximate surface area is 204 Å². The molecule has 178 valence electrons. The van der Waals surface area contributed by atoms with E-state index in [2.05, 4.69) is 4.98 Å². The monoisotopic (exact) mass is 497 g/mol. The van der Waals surface area contributed by atoms with Crippen LogP contribution in [0.2, 0.25) is 0 Å². The Bertz CT molecular complexity index is 1290. The molecule has 0 radical (unpaired) electrons. The first-order valence-electron chi connectivity index (χ1n) is 11.4. The van der Waals surface area contributed by atoms with Crippen LogP contribution in [0.3, 0.4) is 0 Å². The van der Waals surface area contributed by atoms with Crippen molar-refractivity contribution in [2.75, 3.05) is 24.4 Å². The second kappa shape index (κ2) is 9.46. The largest absolute Gasteiger partial charge is 0.497 e. The van der Waals surface area contributed by atoms with E-state index in [0.29, 0.717) is 11.6 Å². The zero-order chi connectivity index (χ0) is 23.7. The molecule has 5 rings (SSSR count). The van der Waals surface area contributed by atoms with Crippen LogP contribution in [0.1, 0.15) is 19.3 Å². The molecule has 1 aromatic heterocycles. The Morgan fingerprint density at radius 3 is 2.59 bits per heavy atom. The molecule has 1 amide bonds. The molecule has 2 fully saturated rings. The predicted molar refractivity (Wildman–Crippen MR) is 133 cm³/mol. The Hall–Kier alpha value is -2.78. The minimum Gasteiger partial charge on any atom is -0.497 e. The number of ether oxygens (including phenoxy) is 1. The highest BCUT2D eigenvalue weighted by molar-refractivity contribution is 7.99. The summed E-state index contributed by atoms with van der Waals surface area (Å²) in [6.07, 6.45) is 4.25. The zero-order valence-electron chi connectivity index (χ0n) is 19.0. The normalized spacial score (nSPS) is 19.1. The number of sulfone groups is 1. The van der Waals surface area contributed by atoms with E-state index in [9.17, 15) is 13.2 Å². The van der Waals surface area contributed by atoms with Gasteiger partial charge in [-0.2, -0.15) is 0 Å². The second-order valence-corrected chi connectivity index (χ2v) is 11.9. The number of amides is 1. The molecule has 2 heterocycles. The highest BCUT2D eigenvalue weighted by atomic mass is 32.2. The zero-order valence-corrected chi connectivity index (χ0v) is 20.6. The maximum Gasteiger partial charge on any atom is 0.233 e. The van der Waals surface area contributed by atoms with Gasteiger partial charge >= 0.3 is 0 Å². The van der Waals surface area contributed by atoms with E-state index in [0.717, 1.165) is 35.5 Å². The van der Waals surface area contributed by atoms with Gasteiger partial charge in [0, 0.05) is 23.7 Å². The van der Waals surface area contributed by atoms with Crippen molar-refractivity contribution in [2.45, 2.75) is 36.5 Å². The van der Waals surface area contributed by atoms with Gasteiger partial charge in [0.2, 0.25) is 5.91 Å². The molecule has 0 N–H and O–H groups in total. The number of carbonyl (C=O) groups is 1. The molecule has 1 atom stereocenters. The van der Waals surface area contributed by atoms with Crippen molar-refractivity contribution in [2.24, 2.45) is 0 Å². The smallest absolute Gasteiger partial charge is 0.233 e. The Morgan fingerprint density at radius 1 is 1.12 bits per heavy atom. The molecule has 1 aliphatic carbocycles. The summed E-state index contributed by atoms with van der Waals surface area (Å²) in [5, 5.41) is 0.704. The Morgan fingerprint density at radius 2 is 1.91 bits per heavy atom. The molecule has 2 aliphatic rings. The number of nitrogens with zero attached hydrogens (tertiary/aromatic N) is 3. The van der Waals surface area contributed by atoms with Gasteiger partial charge in [-0.1, -0.05) is 48.2 Å². The molecular weight excluding hydrogens is 470 g/mol. The standard InChI is InChI=1S/C25H27N3O4S2/c1-32-22-9-5-8-20(14-22)28-23(18-6-3-2-4-7-18)15-26-25(28)33-16-24(29)27(19-10-11-19)21-12-13-34(30,31)17-21/h2-9,14-15,19,21H,10-13,16-17H2,1H3. The highest BCUT2D eigenvalue weighted by Crippen LogP contribution is 2.35. The molecule has 1 unspecified atom stereocenters. The summed E-state index contributed by atoms with van der Waals surface area (Å²) in [6, 6.07) is 17.7. The van der Waals surface area contributed by atoms with E-state index >= 15 is 0 Å². The lowest BCUT2D eigenvalue weighted by atomic mass is 10.1. The van der Waals surface area contributed by atoms with Gasteiger partial charge in [0.25, 0.3) is 0 Å². The molecular formula is C25H27N3O4S2. The van der Waals surface area contributed by atoms with Crippen LogP contribution in [0.25, 0.3) is 16.9 Å². The molecule has 1 saturated heterocycles. The van der Waals surface area contributed by atoms with Gasteiger partial charge in [-0.3, -0.25) is 9.36 Å². The quantitative estimate of drug-likeness (QED) is 0.440. The van der Waals surface area contributed by atoms with E-state index in [1.807, 2.05) is 70.3 Å². The van der Waals surface area contributed by atoms with Crippen molar-refractivity contribution in [1.29, 1.82) is 0 Å². The van der Waals surface area contributed by atoms with Crippen molar-refractivity contribution in [3.05, 3.63) is 60.8 Å². The number of thioether (sulfide) groups is 1.